The van der Waals surface area contributed by atoms with E-state index in [0.717, 1.165) is 14.8 Å². The van der Waals surface area contributed by atoms with Crippen LogP contribution in [0.3, 0.4) is 0 Å². The molecule has 0 bridgehead atoms. The molecule has 0 saturated carbocycles. The van der Waals surface area contributed by atoms with Crippen LogP contribution in [0.25, 0.3) is 11.3 Å². The van der Waals surface area contributed by atoms with Gasteiger partial charge in [-0.2, -0.15) is 5.10 Å². The van der Waals surface area contributed by atoms with E-state index in [0.29, 0.717) is 18.0 Å². The van der Waals surface area contributed by atoms with Crippen molar-refractivity contribution in [3.63, 3.8) is 0 Å². The van der Waals surface area contributed by atoms with Crippen molar-refractivity contribution in [1.82, 2.24) is 9.78 Å². The Balaban J connectivity index is 2.49. The summed E-state index contributed by atoms with van der Waals surface area (Å²) in [6, 6.07) is 5.72. The summed E-state index contributed by atoms with van der Waals surface area (Å²) in [5.41, 5.74) is 1.95. The first-order chi connectivity index (χ1) is 9.21. The zero-order chi connectivity index (χ0) is 13.8. The van der Waals surface area contributed by atoms with Crippen molar-refractivity contribution in [1.29, 1.82) is 0 Å². The molecule has 5 nitrogen and oxygen atoms in total. The van der Waals surface area contributed by atoms with E-state index in [1.807, 2.05) is 18.2 Å². The van der Waals surface area contributed by atoms with Gasteiger partial charge < -0.3 is 14.6 Å². The van der Waals surface area contributed by atoms with Crippen LogP contribution in [0, 0.1) is 3.57 Å². The van der Waals surface area contributed by atoms with Crippen molar-refractivity contribution in [3.05, 3.63) is 28.0 Å². The Morgan fingerprint density at radius 3 is 2.63 bits per heavy atom. The highest BCUT2D eigenvalue weighted by Gasteiger charge is 2.13. The number of halogens is 1. The summed E-state index contributed by atoms with van der Waals surface area (Å²) in [4.78, 5) is 0. The van der Waals surface area contributed by atoms with Crippen LogP contribution in [0.1, 0.15) is 0 Å². The predicted octanol–water partition coefficient (Wildman–Crippen LogP) is 2.16. The van der Waals surface area contributed by atoms with Gasteiger partial charge >= 0.3 is 0 Å². The summed E-state index contributed by atoms with van der Waals surface area (Å²) < 4.78 is 13.3. The number of hydrogen-bond donors (Lipinski definition) is 1. The maximum Gasteiger partial charge on any atom is 0.161 e. The highest BCUT2D eigenvalue weighted by molar-refractivity contribution is 14.1. The van der Waals surface area contributed by atoms with Gasteiger partial charge in [0.2, 0.25) is 0 Å². The summed E-state index contributed by atoms with van der Waals surface area (Å²) in [5.74, 6) is 1.36. The Hall–Kier alpha value is -1.28. The van der Waals surface area contributed by atoms with Gasteiger partial charge in [0.05, 0.1) is 42.8 Å². The zero-order valence-electron chi connectivity index (χ0n) is 10.8. The maximum absolute atomic E-state index is 9.08. The van der Waals surface area contributed by atoms with Crippen LogP contribution in [-0.4, -0.2) is 35.7 Å². The molecule has 6 heteroatoms. The zero-order valence-corrected chi connectivity index (χ0v) is 12.9. The lowest BCUT2D eigenvalue weighted by molar-refractivity contribution is 0.270. The molecule has 0 radical (unpaired) electrons. The fourth-order valence-corrected chi connectivity index (χ4v) is 2.61. The molecule has 19 heavy (non-hydrogen) atoms. The Morgan fingerprint density at radius 1 is 1.26 bits per heavy atom. The average molecular weight is 374 g/mol. The fraction of sp³-hybridized carbons (Fsp3) is 0.308. The Morgan fingerprint density at radius 2 is 2.00 bits per heavy atom. The van der Waals surface area contributed by atoms with Crippen molar-refractivity contribution in [2.45, 2.75) is 6.54 Å². The van der Waals surface area contributed by atoms with Crippen molar-refractivity contribution in [2.24, 2.45) is 0 Å². The molecule has 0 fully saturated rings. The number of hydrogen-bond acceptors (Lipinski definition) is 4. The molecule has 1 heterocycles. The Kier molecular flexibility index (Phi) is 4.65. The molecule has 2 aromatic rings. The van der Waals surface area contributed by atoms with E-state index in [9.17, 15) is 0 Å². The summed E-state index contributed by atoms with van der Waals surface area (Å²) >= 11 is 2.23. The lowest BCUT2D eigenvalue weighted by Crippen LogP contribution is -2.06. The quantitative estimate of drug-likeness (QED) is 0.816. The Labute approximate surface area is 125 Å². The van der Waals surface area contributed by atoms with Crippen LogP contribution >= 0.6 is 22.6 Å². The first-order valence-electron chi connectivity index (χ1n) is 5.75. The highest BCUT2D eigenvalue weighted by atomic mass is 127. The molecule has 0 aliphatic heterocycles. The number of rotatable bonds is 5. The van der Waals surface area contributed by atoms with E-state index < -0.39 is 0 Å². The molecule has 0 aliphatic rings. The molecule has 0 amide bonds. The Bertz CT molecular complexity index is 569. The van der Waals surface area contributed by atoms with Crippen molar-refractivity contribution < 1.29 is 14.6 Å². The summed E-state index contributed by atoms with van der Waals surface area (Å²) in [6.07, 6.45) is 1.78. The number of aliphatic hydroxyl groups is 1. The largest absolute Gasteiger partial charge is 0.493 e. The third-order valence-corrected chi connectivity index (χ3v) is 3.55. The van der Waals surface area contributed by atoms with Crippen molar-refractivity contribution in [2.75, 3.05) is 20.8 Å². The molecule has 0 atom stereocenters. The van der Waals surface area contributed by atoms with Crippen LogP contribution in [0.2, 0.25) is 0 Å². The van der Waals surface area contributed by atoms with E-state index in [2.05, 4.69) is 27.7 Å². The summed E-state index contributed by atoms with van der Waals surface area (Å²) in [6.45, 7) is 0.519. The molecular weight excluding hydrogens is 359 g/mol. The molecule has 102 valence electrons. The SMILES string of the molecule is COc1ccc(-c2c(I)cnn2CCO)cc1OC. The molecule has 1 N–H and O–H groups in total. The smallest absolute Gasteiger partial charge is 0.161 e. The van der Waals surface area contributed by atoms with E-state index in [4.69, 9.17) is 14.6 Å². The van der Waals surface area contributed by atoms with Gasteiger partial charge in [0.1, 0.15) is 0 Å². The van der Waals surface area contributed by atoms with Gasteiger partial charge in [-0.1, -0.05) is 0 Å². The monoisotopic (exact) mass is 374 g/mol. The first-order valence-corrected chi connectivity index (χ1v) is 6.83. The van der Waals surface area contributed by atoms with Crippen molar-refractivity contribution in [3.8, 4) is 22.8 Å². The number of aliphatic hydroxyl groups excluding tert-OH is 1. The van der Waals surface area contributed by atoms with Crippen LogP contribution in [0.5, 0.6) is 11.5 Å². The minimum Gasteiger partial charge on any atom is -0.493 e. The molecule has 2 rings (SSSR count). The maximum atomic E-state index is 9.08. The minimum absolute atomic E-state index is 0.0536. The lowest BCUT2D eigenvalue weighted by atomic mass is 10.1. The van der Waals surface area contributed by atoms with Gasteiger partial charge in [0.25, 0.3) is 0 Å². The second kappa shape index (κ2) is 6.25. The van der Waals surface area contributed by atoms with Gasteiger partial charge in [0.15, 0.2) is 11.5 Å². The summed E-state index contributed by atoms with van der Waals surface area (Å²) in [5, 5.41) is 13.3. The van der Waals surface area contributed by atoms with E-state index in [1.54, 1.807) is 25.1 Å². The first kappa shape index (κ1) is 14.1. The molecule has 0 saturated heterocycles. The molecular formula is C13H15IN2O3. The van der Waals surface area contributed by atoms with Gasteiger partial charge in [-0.05, 0) is 40.8 Å². The van der Waals surface area contributed by atoms with Crippen LogP contribution in [0.15, 0.2) is 24.4 Å². The van der Waals surface area contributed by atoms with Gasteiger partial charge in [0, 0.05) is 5.56 Å². The number of methoxy groups -OCH3 is 2. The van der Waals surface area contributed by atoms with E-state index in [1.165, 1.54) is 0 Å². The third kappa shape index (κ3) is 2.84. The lowest BCUT2D eigenvalue weighted by Gasteiger charge is -2.11. The van der Waals surface area contributed by atoms with Crippen LogP contribution in [-0.2, 0) is 6.54 Å². The molecule has 0 unspecified atom stereocenters. The highest BCUT2D eigenvalue weighted by Crippen LogP contribution is 2.33. The van der Waals surface area contributed by atoms with Crippen LogP contribution < -0.4 is 9.47 Å². The second-order valence-corrected chi connectivity index (χ2v) is 5.02. The average Bonchev–Trinajstić information content (AvgIpc) is 2.79. The number of benzene rings is 1. The van der Waals surface area contributed by atoms with Crippen molar-refractivity contribution >= 4 is 22.6 Å². The van der Waals surface area contributed by atoms with E-state index >= 15 is 0 Å². The topological polar surface area (TPSA) is 56.5 Å². The molecule has 1 aromatic carbocycles. The number of nitrogens with zero attached hydrogens (tertiary/aromatic N) is 2. The standard InChI is InChI=1S/C13H15IN2O3/c1-18-11-4-3-9(7-12(11)19-2)13-10(14)8-15-16(13)5-6-17/h3-4,7-8,17H,5-6H2,1-2H3. The third-order valence-electron chi connectivity index (χ3n) is 2.76. The number of ether oxygens (including phenoxy) is 2. The molecule has 0 spiro atoms. The fourth-order valence-electron chi connectivity index (χ4n) is 1.90. The van der Waals surface area contributed by atoms with Gasteiger partial charge in [-0.3, -0.25) is 4.68 Å². The minimum atomic E-state index is 0.0536. The second-order valence-electron chi connectivity index (χ2n) is 3.86. The number of aromatic nitrogens is 2. The van der Waals surface area contributed by atoms with Gasteiger partial charge in [-0.15, -0.1) is 0 Å². The van der Waals surface area contributed by atoms with Gasteiger partial charge in [-0.25, -0.2) is 0 Å². The summed E-state index contributed by atoms with van der Waals surface area (Å²) in [7, 11) is 3.22. The predicted molar refractivity (Wildman–Crippen MR) is 80.6 cm³/mol. The molecule has 0 aliphatic carbocycles. The normalized spacial score (nSPS) is 10.5. The molecule has 1 aromatic heterocycles. The van der Waals surface area contributed by atoms with Crippen LogP contribution in [0.4, 0.5) is 0 Å². The van der Waals surface area contributed by atoms with E-state index in [-0.39, 0.29) is 6.61 Å².